The lowest BCUT2D eigenvalue weighted by Crippen LogP contribution is -2.50. The van der Waals surface area contributed by atoms with E-state index in [4.69, 9.17) is 5.11 Å². The first kappa shape index (κ1) is 18.7. The summed E-state index contributed by atoms with van der Waals surface area (Å²) < 4.78 is 26.6. The minimum absolute atomic E-state index is 0.204. The SMILES string of the molecule is Cc1[c]c(S(=O)(=O)N2CCN(CC(O)CO)CC2)cc([N+](=O)[O-])c1. The van der Waals surface area contributed by atoms with E-state index in [9.17, 15) is 23.6 Å². The lowest BCUT2D eigenvalue weighted by molar-refractivity contribution is -0.385. The van der Waals surface area contributed by atoms with Gasteiger partial charge < -0.3 is 10.2 Å². The lowest BCUT2D eigenvalue weighted by atomic mass is 10.2. The Balaban J connectivity index is 2.13. The number of aliphatic hydroxyl groups excluding tert-OH is 2. The Morgan fingerprint density at radius 2 is 1.96 bits per heavy atom. The van der Waals surface area contributed by atoms with Gasteiger partial charge in [0.15, 0.2) is 0 Å². The zero-order valence-corrected chi connectivity index (χ0v) is 14.1. The predicted molar refractivity (Wildman–Crippen MR) is 85.0 cm³/mol. The number of nitrogens with zero attached hydrogens (tertiary/aromatic N) is 3. The van der Waals surface area contributed by atoms with Crippen LogP contribution in [-0.4, -0.2) is 78.2 Å². The van der Waals surface area contributed by atoms with Crippen LogP contribution in [0.3, 0.4) is 0 Å². The minimum atomic E-state index is -3.86. The van der Waals surface area contributed by atoms with Crippen molar-refractivity contribution in [3.8, 4) is 0 Å². The van der Waals surface area contributed by atoms with E-state index >= 15 is 0 Å². The van der Waals surface area contributed by atoms with Gasteiger partial charge in [0.1, 0.15) is 0 Å². The maximum Gasteiger partial charge on any atom is 0.271 e. The number of β-amino-alcohol motifs (C(OH)–C–C–N with tert-alkyl or cyclic N) is 1. The Bertz CT molecular complexity index is 700. The van der Waals surface area contributed by atoms with E-state index in [0.717, 1.165) is 6.07 Å². The number of aliphatic hydroxyl groups is 2. The van der Waals surface area contributed by atoms with E-state index < -0.39 is 21.1 Å². The Labute approximate surface area is 140 Å². The van der Waals surface area contributed by atoms with Crippen molar-refractivity contribution in [1.82, 2.24) is 9.21 Å². The molecule has 1 saturated heterocycles. The molecule has 9 nitrogen and oxygen atoms in total. The molecule has 1 radical (unpaired) electrons. The molecule has 0 bridgehead atoms. The lowest BCUT2D eigenvalue weighted by Gasteiger charge is -2.34. The number of hydrogen-bond acceptors (Lipinski definition) is 7. The molecule has 1 atom stereocenters. The third-order valence-electron chi connectivity index (χ3n) is 3.80. The fourth-order valence-electron chi connectivity index (χ4n) is 2.56. The number of nitro benzene ring substituents is 1. The molecule has 0 aliphatic carbocycles. The van der Waals surface area contributed by atoms with E-state index in [1.807, 2.05) is 4.90 Å². The van der Waals surface area contributed by atoms with Gasteiger partial charge in [-0.05, 0) is 12.5 Å². The maximum atomic E-state index is 12.7. The Hall–Kier alpha value is -1.59. The van der Waals surface area contributed by atoms with E-state index in [-0.39, 0.29) is 36.8 Å². The Kier molecular flexibility index (Phi) is 5.88. The molecule has 1 aliphatic heterocycles. The number of nitro groups is 1. The molecule has 24 heavy (non-hydrogen) atoms. The zero-order chi connectivity index (χ0) is 17.9. The average molecular weight is 358 g/mol. The smallest absolute Gasteiger partial charge is 0.271 e. The van der Waals surface area contributed by atoms with Crippen LogP contribution in [0.2, 0.25) is 0 Å². The summed E-state index contributed by atoms with van der Waals surface area (Å²) in [6.45, 7) is 2.70. The molecule has 0 saturated carbocycles. The van der Waals surface area contributed by atoms with Crippen LogP contribution in [0.25, 0.3) is 0 Å². The second-order valence-corrected chi connectivity index (χ2v) is 7.59. The Morgan fingerprint density at radius 1 is 1.33 bits per heavy atom. The highest BCUT2D eigenvalue weighted by molar-refractivity contribution is 7.89. The first-order chi connectivity index (χ1) is 11.2. The van der Waals surface area contributed by atoms with Crippen molar-refractivity contribution in [1.29, 1.82) is 0 Å². The molecule has 1 heterocycles. The number of rotatable bonds is 6. The normalized spacial score (nSPS) is 18.5. The molecule has 0 aromatic heterocycles. The van der Waals surface area contributed by atoms with Crippen LogP contribution in [0.1, 0.15) is 5.56 Å². The van der Waals surface area contributed by atoms with Crippen LogP contribution in [0.4, 0.5) is 5.69 Å². The van der Waals surface area contributed by atoms with Gasteiger partial charge in [-0.1, -0.05) is 0 Å². The minimum Gasteiger partial charge on any atom is -0.394 e. The molecule has 1 aromatic carbocycles. The van der Waals surface area contributed by atoms with Crippen LogP contribution in [-0.2, 0) is 10.0 Å². The molecule has 2 N–H and O–H groups in total. The van der Waals surface area contributed by atoms with E-state index in [1.54, 1.807) is 6.92 Å². The summed E-state index contributed by atoms with van der Waals surface area (Å²) in [5.41, 5.74) is 0.0991. The van der Waals surface area contributed by atoms with Gasteiger partial charge in [-0.3, -0.25) is 15.0 Å². The Morgan fingerprint density at radius 3 is 2.50 bits per heavy atom. The number of benzene rings is 1. The van der Waals surface area contributed by atoms with Gasteiger partial charge in [-0.15, -0.1) is 0 Å². The van der Waals surface area contributed by atoms with Crippen molar-refractivity contribution >= 4 is 15.7 Å². The first-order valence-electron chi connectivity index (χ1n) is 7.44. The monoisotopic (exact) mass is 358 g/mol. The fraction of sp³-hybridized carbons (Fsp3) is 0.571. The quantitative estimate of drug-likeness (QED) is 0.512. The molecule has 1 unspecified atom stereocenters. The van der Waals surface area contributed by atoms with Gasteiger partial charge in [0.2, 0.25) is 10.0 Å². The number of piperazine rings is 1. The topological polar surface area (TPSA) is 124 Å². The van der Waals surface area contributed by atoms with Crippen LogP contribution < -0.4 is 0 Å². The molecular weight excluding hydrogens is 338 g/mol. The predicted octanol–water partition coefficient (Wildman–Crippen LogP) is -0.637. The van der Waals surface area contributed by atoms with Gasteiger partial charge in [0.25, 0.3) is 5.69 Å². The fourth-order valence-corrected chi connectivity index (χ4v) is 4.04. The molecule has 2 rings (SSSR count). The average Bonchev–Trinajstić information content (AvgIpc) is 2.54. The molecule has 10 heteroatoms. The van der Waals surface area contributed by atoms with Crippen molar-refractivity contribution in [2.75, 3.05) is 39.3 Å². The molecular formula is C14H20N3O6S. The third kappa shape index (κ3) is 4.28. The van der Waals surface area contributed by atoms with Crippen LogP contribution >= 0.6 is 0 Å². The largest absolute Gasteiger partial charge is 0.394 e. The molecule has 133 valence electrons. The summed E-state index contributed by atoms with van der Waals surface area (Å²) in [5.74, 6) is 0. The first-order valence-corrected chi connectivity index (χ1v) is 8.88. The zero-order valence-electron chi connectivity index (χ0n) is 13.3. The van der Waals surface area contributed by atoms with E-state index in [2.05, 4.69) is 6.07 Å². The van der Waals surface area contributed by atoms with Crippen molar-refractivity contribution in [2.45, 2.75) is 17.9 Å². The van der Waals surface area contributed by atoms with Crippen molar-refractivity contribution in [2.24, 2.45) is 0 Å². The van der Waals surface area contributed by atoms with Crippen molar-refractivity contribution in [3.63, 3.8) is 0 Å². The van der Waals surface area contributed by atoms with E-state index in [1.165, 1.54) is 10.4 Å². The summed E-state index contributed by atoms with van der Waals surface area (Å²) in [5, 5.41) is 29.2. The number of sulfonamides is 1. The summed E-state index contributed by atoms with van der Waals surface area (Å²) in [4.78, 5) is 11.9. The van der Waals surface area contributed by atoms with Crippen LogP contribution in [0, 0.1) is 23.1 Å². The summed E-state index contributed by atoms with van der Waals surface area (Å²) >= 11 is 0. The third-order valence-corrected chi connectivity index (χ3v) is 5.62. The van der Waals surface area contributed by atoms with Gasteiger partial charge in [-0.25, -0.2) is 8.42 Å². The van der Waals surface area contributed by atoms with E-state index in [0.29, 0.717) is 18.7 Å². The standard InChI is InChI=1S/C14H20N3O6S/c1-11-6-12(17(20)21)8-14(7-11)24(22,23)16-4-2-15(3-5-16)9-13(19)10-18/h6,8,13,18-19H,2-5,9-10H2,1H3. The van der Waals surface area contributed by atoms with Gasteiger partial charge in [0, 0.05) is 50.9 Å². The van der Waals surface area contributed by atoms with Crippen LogP contribution in [0.15, 0.2) is 17.0 Å². The number of non-ortho nitro benzene ring substituents is 1. The van der Waals surface area contributed by atoms with Gasteiger partial charge >= 0.3 is 0 Å². The van der Waals surface area contributed by atoms with Crippen LogP contribution in [0.5, 0.6) is 0 Å². The van der Waals surface area contributed by atoms with Crippen molar-refractivity contribution < 1.29 is 23.6 Å². The number of aryl methyl sites for hydroxylation is 1. The second-order valence-electron chi connectivity index (χ2n) is 5.68. The highest BCUT2D eigenvalue weighted by Gasteiger charge is 2.30. The van der Waals surface area contributed by atoms with Gasteiger partial charge in [0.05, 0.1) is 22.5 Å². The maximum absolute atomic E-state index is 12.7. The highest BCUT2D eigenvalue weighted by atomic mass is 32.2. The summed E-state index contributed by atoms with van der Waals surface area (Å²) in [6, 6.07) is 4.96. The molecule has 1 fully saturated rings. The molecule has 1 aliphatic rings. The number of hydrogen-bond donors (Lipinski definition) is 2. The second kappa shape index (κ2) is 7.53. The molecule has 1 aromatic rings. The highest BCUT2D eigenvalue weighted by Crippen LogP contribution is 2.23. The van der Waals surface area contributed by atoms with Crippen molar-refractivity contribution in [3.05, 3.63) is 33.9 Å². The molecule has 0 spiro atoms. The van der Waals surface area contributed by atoms with Gasteiger partial charge in [-0.2, -0.15) is 4.31 Å². The molecule has 0 amide bonds. The summed E-state index contributed by atoms with van der Waals surface area (Å²) in [6.07, 6.45) is -0.860. The summed E-state index contributed by atoms with van der Waals surface area (Å²) in [7, 11) is -3.86.